The number of esters is 1. The number of ether oxygens (including phenoxy) is 4. The number of aromatic nitrogens is 2. The van der Waals surface area contributed by atoms with Crippen LogP contribution < -0.4 is 14.2 Å². The van der Waals surface area contributed by atoms with Gasteiger partial charge < -0.3 is 23.4 Å². The molecule has 4 rings (SSSR count). The van der Waals surface area contributed by atoms with Crippen LogP contribution >= 0.6 is 0 Å². The molecule has 28 heavy (non-hydrogen) atoms. The van der Waals surface area contributed by atoms with E-state index in [9.17, 15) is 4.79 Å². The summed E-state index contributed by atoms with van der Waals surface area (Å²) in [5.74, 6) is 1.78. The van der Waals surface area contributed by atoms with Crippen molar-refractivity contribution < 1.29 is 28.2 Å². The highest BCUT2D eigenvalue weighted by atomic mass is 16.6. The SMILES string of the molecule is COc1ccc(-c2nnc([C@@H](C)OC(=O)[C@@H]3COc4ccccc4O3)o2)cc1. The highest BCUT2D eigenvalue weighted by Gasteiger charge is 2.31. The van der Waals surface area contributed by atoms with Gasteiger partial charge in [-0.2, -0.15) is 0 Å². The van der Waals surface area contributed by atoms with Crippen molar-refractivity contribution in [3.05, 3.63) is 54.4 Å². The van der Waals surface area contributed by atoms with E-state index in [4.69, 9.17) is 23.4 Å². The number of carbonyl (C=O) groups excluding carboxylic acids is 1. The predicted octanol–water partition coefficient (Wildman–Crippen LogP) is 3.19. The second kappa shape index (κ2) is 7.59. The molecule has 0 N–H and O–H groups in total. The number of hydrogen-bond acceptors (Lipinski definition) is 8. The van der Waals surface area contributed by atoms with Crippen LogP contribution in [0.1, 0.15) is 18.9 Å². The highest BCUT2D eigenvalue weighted by Crippen LogP contribution is 2.32. The largest absolute Gasteiger partial charge is 0.497 e. The summed E-state index contributed by atoms with van der Waals surface area (Å²) in [6.07, 6.45) is -1.59. The second-order valence-electron chi connectivity index (χ2n) is 6.12. The van der Waals surface area contributed by atoms with Crippen molar-refractivity contribution in [3.63, 3.8) is 0 Å². The molecule has 1 aliphatic heterocycles. The van der Waals surface area contributed by atoms with Crippen molar-refractivity contribution in [1.29, 1.82) is 0 Å². The molecule has 0 saturated heterocycles. The van der Waals surface area contributed by atoms with Gasteiger partial charge in [-0.1, -0.05) is 12.1 Å². The molecule has 8 nitrogen and oxygen atoms in total. The first-order chi connectivity index (χ1) is 13.6. The summed E-state index contributed by atoms with van der Waals surface area (Å²) in [6.45, 7) is 1.73. The Hall–Kier alpha value is -3.55. The van der Waals surface area contributed by atoms with Crippen molar-refractivity contribution >= 4 is 5.97 Å². The monoisotopic (exact) mass is 382 g/mol. The van der Waals surface area contributed by atoms with E-state index in [-0.39, 0.29) is 12.5 Å². The fourth-order valence-electron chi connectivity index (χ4n) is 2.69. The van der Waals surface area contributed by atoms with Gasteiger partial charge in [0.15, 0.2) is 17.6 Å². The molecule has 0 fully saturated rings. The number of hydrogen-bond donors (Lipinski definition) is 0. The van der Waals surface area contributed by atoms with Crippen molar-refractivity contribution in [3.8, 4) is 28.7 Å². The fraction of sp³-hybridized carbons (Fsp3) is 0.250. The smallest absolute Gasteiger partial charge is 0.351 e. The van der Waals surface area contributed by atoms with Gasteiger partial charge in [0.05, 0.1) is 7.11 Å². The van der Waals surface area contributed by atoms with E-state index >= 15 is 0 Å². The molecular formula is C20H18N2O6. The van der Waals surface area contributed by atoms with E-state index in [1.165, 1.54) is 0 Å². The maximum atomic E-state index is 12.4. The molecule has 3 aromatic rings. The number of fused-ring (bicyclic) bond motifs is 1. The van der Waals surface area contributed by atoms with Crippen LogP contribution in [-0.4, -0.2) is 36.0 Å². The first-order valence-corrected chi connectivity index (χ1v) is 8.71. The summed E-state index contributed by atoms with van der Waals surface area (Å²) in [5.41, 5.74) is 0.735. The topological polar surface area (TPSA) is 92.9 Å². The molecular weight excluding hydrogens is 364 g/mol. The number of nitrogens with zero attached hydrogens (tertiary/aromatic N) is 2. The number of para-hydroxylation sites is 2. The zero-order chi connectivity index (χ0) is 19.5. The summed E-state index contributed by atoms with van der Waals surface area (Å²) < 4.78 is 27.4. The third-order valence-corrected chi connectivity index (χ3v) is 4.19. The van der Waals surface area contributed by atoms with E-state index in [0.29, 0.717) is 17.4 Å². The van der Waals surface area contributed by atoms with E-state index < -0.39 is 18.2 Å². The molecule has 0 aliphatic carbocycles. The Morgan fingerprint density at radius 1 is 1.11 bits per heavy atom. The second-order valence-corrected chi connectivity index (χ2v) is 6.12. The van der Waals surface area contributed by atoms with Gasteiger partial charge in [0.1, 0.15) is 12.4 Å². The number of rotatable bonds is 5. The minimum absolute atomic E-state index is 0.0729. The molecule has 1 aromatic heterocycles. The zero-order valence-corrected chi connectivity index (χ0v) is 15.3. The normalized spacial score (nSPS) is 16.3. The van der Waals surface area contributed by atoms with Crippen molar-refractivity contribution in [2.45, 2.75) is 19.1 Å². The Labute approximate surface area is 161 Å². The third-order valence-electron chi connectivity index (χ3n) is 4.19. The fourth-order valence-corrected chi connectivity index (χ4v) is 2.69. The van der Waals surface area contributed by atoms with Crippen LogP contribution in [0.2, 0.25) is 0 Å². The van der Waals surface area contributed by atoms with E-state index in [2.05, 4.69) is 10.2 Å². The maximum absolute atomic E-state index is 12.4. The molecule has 2 aromatic carbocycles. The molecule has 0 spiro atoms. The zero-order valence-electron chi connectivity index (χ0n) is 15.3. The van der Waals surface area contributed by atoms with Crippen LogP contribution in [0.3, 0.4) is 0 Å². The van der Waals surface area contributed by atoms with Crippen LogP contribution in [-0.2, 0) is 9.53 Å². The van der Waals surface area contributed by atoms with E-state index in [1.54, 1.807) is 56.5 Å². The lowest BCUT2D eigenvalue weighted by molar-refractivity contribution is -0.160. The van der Waals surface area contributed by atoms with Crippen LogP contribution in [0, 0.1) is 0 Å². The Morgan fingerprint density at radius 3 is 2.61 bits per heavy atom. The molecule has 8 heteroatoms. The predicted molar refractivity (Wildman–Crippen MR) is 97.1 cm³/mol. The molecule has 0 unspecified atom stereocenters. The summed E-state index contributed by atoms with van der Waals surface area (Å²) in [7, 11) is 1.59. The Bertz CT molecular complexity index is 969. The Balaban J connectivity index is 1.40. The summed E-state index contributed by atoms with van der Waals surface area (Å²) in [4.78, 5) is 12.4. The quantitative estimate of drug-likeness (QED) is 0.621. The maximum Gasteiger partial charge on any atom is 0.351 e. The van der Waals surface area contributed by atoms with Crippen molar-refractivity contribution in [1.82, 2.24) is 10.2 Å². The Morgan fingerprint density at radius 2 is 1.86 bits per heavy atom. The molecule has 0 saturated carbocycles. The molecule has 0 amide bonds. The van der Waals surface area contributed by atoms with Gasteiger partial charge in [-0.15, -0.1) is 10.2 Å². The van der Waals surface area contributed by atoms with Crippen LogP contribution in [0.5, 0.6) is 17.2 Å². The lowest BCUT2D eigenvalue weighted by Gasteiger charge is -2.25. The molecule has 0 radical (unpaired) electrons. The van der Waals surface area contributed by atoms with Crippen LogP contribution in [0.4, 0.5) is 0 Å². The molecule has 1 aliphatic rings. The Kier molecular flexibility index (Phi) is 4.84. The van der Waals surface area contributed by atoms with Gasteiger partial charge in [0.2, 0.25) is 12.0 Å². The number of carbonyl (C=O) groups is 1. The number of methoxy groups -OCH3 is 1. The van der Waals surface area contributed by atoms with Crippen LogP contribution in [0.25, 0.3) is 11.5 Å². The van der Waals surface area contributed by atoms with Crippen molar-refractivity contribution in [2.75, 3.05) is 13.7 Å². The first-order valence-electron chi connectivity index (χ1n) is 8.71. The molecule has 2 heterocycles. The standard InChI is InChI=1S/C20H18N2O6/c1-12(18-21-22-19(28-18)13-7-9-14(24-2)10-8-13)26-20(23)17-11-25-15-5-3-4-6-16(15)27-17/h3-10,12,17H,11H2,1-2H3/t12-,17+/m1/s1. The van der Waals surface area contributed by atoms with Gasteiger partial charge >= 0.3 is 5.97 Å². The van der Waals surface area contributed by atoms with Crippen LogP contribution in [0.15, 0.2) is 52.9 Å². The third kappa shape index (κ3) is 3.62. The lowest BCUT2D eigenvalue weighted by Crippen LogP contribution is -2.38. The van der Waals surface area contributed by atoms with Gasteiger partial charge in [-0.05, 0) is 43.3 Å². The van der Waals surface area contributed by atoms with Gasteiger partial charge in [-0.3, -0.25) is 0 Å². The average Bonchev–Trinajstić information content (AvgIpc) is 3.24. The van der Waals surface area contributed by atoms with E-state index in [1.807, 2.05) is 6.07 Å². The molecule has 2 atom stereocenters. The summed E-state index contributed by atoms with van der Waals surface area (Å²) in [5, 5.41) is 7.98. The molecule has 144 valence electrons. The first kappa shape index (κ1) is 17.8. The van der Waals surface area contributed by atoms with Gasteiger partial charge in [0.25, 0.3) is 5.89 Å². The highest BCUT2D eigenvalue weighted by molar-refractivity contribution is 5.76. The summed E-state index contributed by atoms with van der Waals surface area (Å²) >= 11 is 0. The minimum atomic E-state index is -0.860. The van der Waals surface area contributed by atoms with Gasteiger partial charge in [-0.25, -0.2) is 4.79 Å². The minimum Gasteiger partial charge on any atom is -0.497 e. The van der Waals surface area contributed by atoms with E-state index in [0.717, 1.165) is 11.3 Å². The number of benzene rings is 2. The summed E-state index contributed by atoms with van der Waals surface area (Å²) in [6, 6.07) is 14.3. The lowest BCUT2D eigenvalue weighted by atomic mass is 10.2. The van der Waals surface area contributed by atoms with Crippen molar-refractivity contribution in [2.24, 2.45) is 0 Å². The van der Waals surface area contributed by atoms with Gasteiger partial charge in [0, 0.05) is 5.56 Å². The average molecular weight is 382 g/mol. The molecule has 0 bridgehead atoms.